The standard InChI is InChI=1S/C9H15ClN4/c1-13-9(7(10)8(11)12-13)14-5-3-2-4-6-14/h2-6H2,1H3,(H2,11,12). The smallest absolute Gasteiger partial charge is 0.166 e. The fraction of sp³-hybridized carbons (Fsp3) is 0.667. The molecule has 5 heteroatoms. The summed E-state index contributed by atoms with van der Waals surface area (Å²) in [6, 6.07) is 0. The number of nitrogens with two attached hydrogens (primary N) is 1. The molecule has 1 aliphatic heterocycles. The van der Waals surface area contributed by atoms with Crippen molar-refractivity contribution < 1.29 is 0 Å². The van der Waals surface area contributed by atoms with Crippen LogP contribution in [0.3, 0.4) is 0 Å². The zero-order chi connectivity index (χ0) is 10.1. The van der Waals surface area contributed by atoms with Gasteiger partial charge >= 0.3 is 0 Å². The summed E-state index contributed by atoms with van der Waals surface area (Å²) in [4.78, 5) is 2.26. The molecule has 0 spiro atoms. The van der Waals surface area contributed by atoms with Gasteiger partial charge in [0.05, 0.1) is 0 Å². The first-order valence-corrected chi connectivity index (χ1v) is 5.31. The zero-order valence-corrected chi connectivity index (χ0v) is 9.09. The molecule has 1 aliphatic rings. The number of anilines is 2. The Bertz CT molecular complexity index is 328. The van der Waals surface area contributed by atoms with Crippen molar-refractivity contribution in [3.8, 4) is 0 Å². The summed E-state index contributed by atoms with van der Waals surface area (Å²) >= 11 is 6.10. The monoisotopic (exact) mass is 214 g/mol. The largest absolute Gasteiger partial charge is 0.381 e. The van der Waals surface area contributed by atoms with Gasteiger partial charge in [-0.25, -0.2) is 4.68 Å². The Morgan fingerprint density at radius 2 is 1.93 bits per heavy atom. The average Bonchev–Trinajstić information content (AvgIpc) is 2.43. The Kier molecular flexibility index (Phi) is 2.54. The lowest BCUT2D eigenvalue weighted by atomic mass is 10.1. The fourth-order valence-corrected chi connectivity index (χ4v) is 2.24. The molecule has 1 aromatic rings. The molecule has 1 aromatic heterocycles. The van der Waals surface area contributed by atoms with E-state index in [0.717, 1.165) is 18.9 Å². The van der Waals surface area contributed by atoms with Gasteiger partial charge in [0.2, 0.25) is 0 Å². The van der Waals surface area contributed by atoms with E-state index in [1.807, 2.05) is 7.05 Å². The van der Waals surface area contributed by atoms with Crippen LogP contribution in [0.4, 0.5) is 11.6 Å². The Labute approximate surface area is 88.6 Å². The van der Waals surface area contributed by atoms with Crippen LogP contribution in [-0.4, -0.2) is 22.9 Å². The Morgan fingerprint density at radius 3 is 2.43 bits per heavy atom. The van der Waals surface area contributed by atoms with E-state index in [4.69, 9.17) is 17.3 Å². The van der Waals surface area contributed by atoms with Crippen LogP contribution < -0.4 is 10.6 Å². The van der Waals surface area contributed by atoms with Gasteiger partial charge in [0.25, 0.3) is 0 Å². The Hall–Kier alpha value is -0.900. The van der Waals surface area contributed by atoms with Crippen LogP contribution in [0.1, 0.15) is 19.3 Å². The maximum atomic E-state index is 6.10. The number of aryl methyl sites for hydroxylation is 1. The van der Waals surface area contributed by atoms with E-state index in [0.29, 0.717) is 10.8 Å². The molecular weight excluding hydrogens is 200 g/mol. The number of nitrogens with zero attached hydrogens (tertiary/aromatic N) is 3. The van der Waals surface area contributed by atoms with Crippen LogP contribution in [-0.2, 0) is 7.05 Å². The van der Waals surface area contributed by atoms with Crippen LogP contribution in [0.25, 0.3) is 0 Å². The SMILES string of the molecule is Cn1nc(N)c(Cl)c1N1CCCCC1. The highest BCUT2D eigenvalue weighted by atomic mass is 35.5. The first kappa shape index (κ1) is 9.65. The van der Waals surface area contributed by atoms with E-state index < -0.39 is 0 Å². The highest BCUT2D eigenvalue weighted by molar-refractivity contribution is 6.35. The molecule has 0 aliphatic carbocycles. The summed E-state index contributed by atoms with van der Waals surface area (Å²) in [5.41, 5.74) is 5.66. The lowest BCUT2D eigenvalue weighted by molar-refractivity contribution is 0.561. The van der Waals surface area contributed by atoms with E-state index >= 15 is 0 Å². The van der Waals surface area contributed by atoms with E-state index in [2.05, 4.69) is 10.00 Å². The molecule has 1 fully saturated rings. The van der Waals surface area contributed by atoms with Crippen molar-refractivity contribution in [2.45, 2.75) is 19.3 Å². The minimum atomic E-state index is 0.426. The maximum Gasteiger partial charge on any atom is 0.166 e. The molecule has 78 valence electrons. The van der Waals surface area contributed by atoms with Crippen LogP contribution in [0.15, 0.2) is 0 Å². The highest BCUT2D eigenvalue weighted by Gasteiger charge is 2.19. The minimum absolute atomic E-state index is 0.426. The molecule has 0 unspecified atom stereocenters. The Morgan fingerprint density at radius 1 is 1.29 bits per heavy atom. The van der Waals surface area contributed by atoms with Crippen molar-refractivity contribution in [2.75, 3.05) is 23.7 Å². The van der Waals surface area contributed by atoms with Crippen LogP contribution >= 0.6 is 11.6 Å². The molecule has 0 atom stereocenters. The number of hydrogen-bond acceptors (Lipinski definition) is 3. The lowest BCUT2D eigenvalue weighted by Crippen LogP contribution is -2.31. The first-order valence-electron chi connectivity index (χ1n) is 4.93. The van der Waals surface area contributed by atoms with Crippen molar-refractivity contribution >= 4 is 23.2 Å². The van der Waals surface area contributed by atoms with Crippen molar-refractivity contribution in [3.63, 3.8) is 0 Å². The summed E-state index contributed by atoms with van der Waals surface area (Å²) in [5, 5.41) is 4.70. The topological polar surface area (TPSA) is 47.1 Å². The first-order chi connectivity index (χ1) is 6.70. The second kappa shape index (κ2) is 3.69. The number of hydrogen-bond donors (Lipinski definition) is 1. The number of halogens is 1. The summed E-state index contributed by atoms with van der Waals surface area (Å²) in [6.45, 7) is 2.11. The van der Waals surface area contributed by atoms with E-state index in [-0.39, 0.29) is 0 Å². The normalized spacial score (nSPS) is 17.4. The van der Waals surface area contributed by atoms with Crippen molar-refractivity contribution in [1.29, 1.82) is 0 Å². The number of aromatic nitrogens is 2. The van der Waals surface area contributed by atoms with Gasteiger partial charge in [-0.05, 0) is 19.3 Å². The zero-order valence-electron chi connectivity index (χ0n) is 8.33. The van der Waals surface area contributed by atoms with Crippen LogP contribution in [0, 0.1) is 0 Å². The molecule has 2 N–H and O–H groups in total. The molecule has 2 heterocycles. The van der Waals surface area contributed by atoms with Gasteiger partial charge in [-0.1, -0.05) is 11.6 Å². The third-order valence-corrected chi connectivity index (χ3v) is 3.00. The van der Waals surface area contributed by atoms with Crippen LogP contribution in [0.2, 0.25) is 5.02 Å². The number of nitrogen functional groups attached to an aromatic ring is 1. The third kappa shape index (κ3) is 1.54. The quantitative estimate of drug-likeness (QED) is 0.773. The van der Waals surface area contributed by atoms with Gasteiger partial charge in [0, 0.05) is 20.1 Å². The van der Waals surface area contributed by atoms with Gasteiger partial charge in [-0.15, -0.1) is 0 Å². The maximum absolute atomic E-state index is 6.10. The van der Waals surface area contributed by atoms with E-state index in [1.54, 1.807) is 4.68 Å². The van der Waals surface area contributed by atoms with Gasteiger partial charge in [0.15, 0.2) is 5.82 Å². The van der Waals surface area contributed by atoms with E-state index in [1.165, 1.54) is 19.3 Å². The lowest BCUT2D eigenvalue weighted by Gasteiger charge is -2.28. The Balaban J connectivity index is 2.29. The molecule has 0 saturated carbocycles. The average molecular weight is 215 g/mol. The summed E-state index contributed by atoms with van der Waals surface area (Å²) in [6.07, 6.45) is 3.75. The van der Waals surface area contributed by atoms with E-state index in [9.17, 15) is 0 Å². The summed E-state index contributed by atoms with van der Waals surface area (Å²) < 4.78 is 1.77. The number of rotatable bonds is 1. The second-order valence-electron chi connectivity index (χ2n) is 3.69. The molecule has 14 heavy (non-hydrogen) atoms. The van der Waals surface area contributed by atoms with Gasteiger partial charge < -0.3 is 10.6 Å². The molecule has 4 nitrogen and oxygen atoms in total. The number of piperidine rings is 1. The van der Waals surface area contributed by atoms with Gasteiger partial charge in [-0.3, -0.25) is 0 Å². The van der Waals surface area contributed by atoms with Gasteiger partial charge in [0.1, 0.15) is 10.8 Å². The molecule has 0 bridgehead atoms. The molecule has 2 rings (SSSR count). The van der Waals surface area contributed by atoms with Crippen molar-refractivity contribution in [1.82, 2.24) is 9.78 Å². The molecule has 0 amide bonds. The molecular formula is C9H15ClN4. The predicted octanol–water partition coefficient (Wildman–Crippen LogP) is 1.65. The second-order valence-corrected chi connectivity index (χ2v) is 4.07. The van der Waals surface area contributed by atoms with Crippen molar-refractivity contribution in [3.05, 3.63) is 5.02 Å². The molecule has 1 saturated heterocycles. The minimum Gasteiger partial charge on any atom is -0.381 e. The molecule has 0 aromatic carbocycles. The molecule has 0 radical (unpaired) electrons. The van der Waals surface area contributed by atoms with Crippen LogP contribution in [0.5, 0.6) is 0 Å². The third-order valence-electron chi connectivity index (χ3n) is 2.64. The van der Waals surface area contributed by atoms with Gasteiger partial charge in [-0.2, -0.15) is 5.10 Å². The predicted molar refractivity (Wildman–Crippen MR) is 58.7 cm³/mol. The van der Waals surface area contributed by atoms with Crippen molar-refractivity contribution in [2.24, 2.45) is 7.05 Å². The summed E-state index contributed by atoms with van der Waals surface area (Å²) in [7, 11) is 1.88. The summed E-state index contributed by atoms with van der Waals surface area (Å²) in [5.74, 6) is 1.39. The highest BCUT2D eigenvalue weighted by Crippen LogP contribution is 2.31. The fourth-order valence-electron chi connectivity index (χ4n) is 1.96.